The molecule has 0 amide bonds. The number of benzene rings is 1. The van der Waals surface area contributed by atoms with Crippen LogP contribution in [0.15, 0.2) is 22.7 Å². The van der Waals surface area contributed by atoms with Gasteiger partial charge in [0.15, 0.2) is 0 Å². The van der Waals surface area contributed by atoms with Crippen molar-refractivity contribution >= 4 is 21.9 Å². The van der Waals surface area contributed by atoms with E-state index in [2.05, 4.69) is 20.7 Å². The van der Waals surface area contributed by atoms with E-state index in [1.165, 1.54) is 6.07 Å². The van der Waals surface area contributed by atoms with Gasteiger partial charge in [0, 0.05) is 0 Å². The summed E-state index contributed by atoms with van der Waals surface area (Å²) in [6.45, 7) is 1.86. The molecular weight excluding hydrogens is 255 g/mol. The molecule has 14 heavy (non-hydrogen) atoms. The molecule has 0 aliphatic rings. The molecular formula is C9H8BrFO3. The van der Waals surface area contributed by atoms with E-state index < -0.39 is 12.3 Å². The SMILES string of the molecule is Cc1ccc(OC(F)C(=O)O)c(Br)c1. The molecule has 1 N–H and O–H groups in total. The second-order valence-electron chi connectivity index (χ2n) is 2.71. The van der Waals surface area contributed by atoms with Crippen LogP contribution in [0, 0.1) is 6.92 Å². The van der Waals surface area contributed by atoms with Crippen LogP contribution in [-0.4, -0.2) is 17.4 Å². The van der Waals surface area contributed by atoms with Crippen molar-refractivity contribution in [1.29, 1.82) is 0 Å². The quantitative estimate of drug-likeness (QED) is 0.911. The predicted octanol–water partition coefficient (Wildman–Crippen LogP) is 2.52. The molecule has 0 heterocycles. The zero-order valence-corrected chi connectivity index (χ0v) is 8.92. The van der Waals surface area contributed by atoms with Crippen LogP contribution in [0.2, 0.25) is 0 Å². The fourth-order valence-electron chi connectivity index (χ4n) is 0.863. The number of ether oxygens (including phenoxy) is 1. The van der Waals surface area contributed by atoms with Gasteiger partial charge in [-0.15, -0.1) is 0 Å². The van der Waals surface area contributed by atoms with E-state index in [4.69, 9.17) is 5.11 Å². The summed E-state index contributed by atoms with van der Waals surface area (Å²) in [5.41, 5.74) is 0.968. The summed E-state index contributed by atoms with van der Waals surface area (Å²) in [6.07, 6.45) is -2.34. The van der Waals surface area contributed by atoms with Crippen molar-refractivity contribution in [3.05, 3.63) is 28.2 Å². The van der Waals surface area contributed by atoms with Gasteiger partial charge in [0.2, 0.25) is 0 Å². The van der Waals surface area contributed by atoms with Crippen LogP contribution in [0.1, 0.15) is 5.56 Å². The van der Waals surface area contributed by atoms with Gasteiger partial charge in [-0.05, 0) is 40.5 Å². The molecule has 0 fully saturated rings. The Morgan fingerprint density at radius 1 is 1.64 bits per heavy atom. The standard InChI is InChI=1S/C9H8BrFO3/c1-5-2-3-7(6(10)4-5)14-8(11)9(12)13/h2-4,8H,1H3,(H,12,13). The second-order valence-corrected chi connectivity index (χ2v) is 3.56. The Hall–Kier alpha value is -1.10. The highest BCUT2D eigenvalue weighted by Gasteiger charge is 2.18. The van der Waals surface area contributed by atoms with Crippen LogP contribution in [0.5, 0.6) is 5.75 Å². The number of alkyl halides is 1. The van der Waals surface area contributed by atoms with Crippen molar-refractivity contribution in [3.63, 3.8) is 0 Å². The van der Waals surface area contributed by atoms with Crippen LogP contribution in [0.25, 0.3) is 0 Å². The fourth-order valence-corrected chi connectivity index (χ4v) is 1.45. The highest BCUT2D eigenvalue weighted by Crippen LogP contribution is 2.26. The average Bonchev–Trinajstić information content (AvgIpc) is 2.09. The third-order valence-corrected chi connectivity index (χ3v) is 2.13. The van der Waals surface area contributed by atoms with Crippen LogP contribution in [0.4, 0.5) is 4.39 Å². The molecule has 0 spiro atoms. The van der Waals surface area contributed by atoms with Gasteiger partial charge in [0.05, 0.1) is 4.47 Å². The van der Waals surface area contributed by atoms with Crippen LogP contribution >= 0.6 is 15.9 Å². The van der Waals surface area contributed by atoms with Crippen LogP contribution in [-0.2, 0) is 4.79 Å². The summed E-state index contributed by atoms with van der Waals surface area (Å²) in [4.78, 5) is 10.2. The molecule has 0 saturated heterocycles. The maximum absolute atomic E-state index is 12.6. The maximum atomic E-state index is 12.6. The van der Waals surface area contributed by atoms with E-state index in [1.807, 2.05) is 6.92 Å². The molecule has 1 rings (SSSR count). The third-order valence-electron chi connectivity index (χ3n) is 1.51. The van der Waals surface area contributed by atoms with Gasteiger partial charge < -0.3 is 9.84 Å². The van der Waals surface area contributed by atoms with Crippen molar-refractivity contribution in [2.24, 2.45) is 0 Å². The summed E-state index contributed by atoms with van der Waals surface area (Å²) in [7, 11) is 0. The number of aliphatic carboxylic acids is 1. The normalized spacial score (nSPS) is 12.2. The number of hydrogen-bond donors (Lipinski definition) is 1. The Kier molecular flexibility index (Phi) is 3.46. The summed E-state index contributed by atoms with van der Waals surface area (Å²) in [5, 5.41) is 8.27. The first-order chi connectivity index (χ1) is 6.50. The number of aryl methyl sites for hydroxylation is 1. The minimum Gasteiger partial charge on any atom is -0.476 e. The topological polar surface area (TPSA) is 46.5 Å². The third kappa shape index (κ3) is 2.70. The molecule has 5 heteroatoms. The van der Waals surface area contributed by atoms with E-state index in [0.29, 0.717) is 4.47 Å². The lowest BCUT2D eigenvalue weighted by atomic mass is 10.2. The lowest BCUT2D eigenvalue weighted by Gasteiger charge is -2.09. The minimum atomic E-state index is -2.34. The molecule has 1 aromatic rings. The Balaban J connectivity index is 2.82. The van der Waals surface area contributed by atoms with Crippen molar-refractivity contribution in [2.75, 3.05) is 0 Å². The Labute approximate surface area is 88.6 Å². The number of carboxylic acids is 1. The van der Waals surface area contributed by atoms with Gasteiger partial charge in [-0.1, -0.05) is 6.07 Å². The minimum absolute atomic E-state index is 0.172. The summed E-state index contributed by atoms with van der Waals surface area (Å²) < 4.78 is 17.7. The first kappa shape index (κ1) is 11.0. The van der Waals surface area contributed by atoms with E-state index >= 15 is 0 Å². The van der Waals surface area contributed by atoms with Gasteiger partial charge in [-0.25, -0.2) is 4.79 Å². The van der Waals surface area contributed by atoms with Gasteiger partial charge >= 0.3 is 12.3 Å². The van der Waals surface area contributed by atoms with Gasteiger partial charge in [-0.2, -0.15) is 4.39 Å². The molecule has 0 bridgehead atoms. The molecule has 0 radical (unpaired) electrons. The van der Waals surface area contributed by atoms with Gasteiger partial charge in [0.25, 0.3) is 0 Å². The number of rotatable bonds is 3. The van der Waals surface area contributed by atoms with Crippen LogP contribution < -0.4 is 4.74 Å². The first-order valence-electron chi connectivity index (χ1n) is 3.80. The predicted molar refractivity (Wildman–Crippen MR) is 52.0 cm³/mol. The van der Waals surface area contributed by atoms with E-state index in [1.54, 1.807) is 12.1 Å². The number of hydrogen-bond acceptors (Lipinski definition) is 2. The van der Waals surface area contributed by atoms with Crippen LogP contribution in [0.3, 0.4) is 0 Å². The Bertz CT molecular complexity index is 354. The van der Waals surface area contributed by atoms with Crippen molar-refractivity contribution in [2.45, 2.75) is 13.3 Å². The van der Waals surface area contributed by atoms with E-state index in [-0.39, 0.29) is 5.75 Å². The number of carboxylic acid groups (broad SMARTS) is 1. The Morgan fingerprint density at radius 2 is 2.29 bits per heavy atom. The van der Waals surface area contributed by atoms with Gasteiger partial charge in [0.1, 0.15) is 5.75 Å². The van der Waals surface area contributed by atoms with E-state index in [9.17, 15) is 9.18 Å². The zero-order chi connectivity index (χ0) is 10.7. The molecule has 3 nitrogen and oxygen atoms in total. The lowest BCUT2D eigenvalue weighted by molar-refractivity contribution is -0.153. The molecule has 0 saturated carbocycles. The molecule has 1 unspecified atom stereocenters. The average molecular weight is 263 g/mol. The fraction of sp³-hybridized carbons (Fsp3) is 0.222. The molecule has 1 atom stereocenters. The molecule has 0 aromatic heterocycles. The van der Waals surface area contributed by atoms with Crippen molar-refractivity contribution in [3.8, 4) is 5.75 Å². The maximum Gasteiger partial charge on any atom is 0.378 e. The number of carbonyl (C=O) groups is 1. The molecule has 0 aliphatic carbocycles. The Morgan fingerprint density at radius 3 is 2.79 bits per heavy atom. The lowest BCUT2D eigenvalue weighted by Crippen LogP contribution is -2.21. The number of halogens is 2. The smallest absolute Gasteiger partial charge is 0.378 e. The summed E-state index contributed by atoms with van der Waals surface area (Å²) in [5.74, 6) is -1.47. The van der Waals surface area contributed by atoms with Crippen molar-refractivity contribution in [1.82, 2.24) is 0 Å². The summed E-state index contributed by atoms with van der Waals surface area (Å²) in [6, 6.07) is 4.92. The second kappa shape index (κ2) is 4.41. The monoisotopic (exact) mass is 262 g/mol. The van der Waals surface area contributed by atoms with Crippen molar-refractivity contribution < 1.29 is 19.0 Å². The van der Waals surface area contributed by atoms with E-state index in [0.717, 1.165) is 5.56 Å². The summed E-state index contributed by atoms with van der Waals surface area (Å²) >= 11 is 3.14. The highest BCUT2D eigenvalue weighted by atomic mass is 79.9. The largest absolute Gasteiger partial charge is 0.476 e. The highest BCUT2D eigenvalue weighted by molar-refractivity contribution is 9.10. The molecule has 0 aliphatic heterocycles. The van der Waals surface area contributed by atoms with Gasteiger partial charge in [-0.3, -0.25) is 0 Å². The molecule has 76 valence electrons. The molecule has 1 aromatic carbocycles. The first-order valence-corrected chi connectivity index (χ1v) is 4.59. The zero-order valence-electron chi connectivity index (χ0n) is 7.33.